The largest absolute Gasteiger partial charge is 0.0654 e. The molecule has 0 bridgehead atoms. The molecule has 148 valence electrons. The van der Waals surface area contributed by atoms with Crippen molar-refractivity contribution in [2.75, 3.05) is 0 Å². The fraction of sp³-hybridized carbons (Fsp3) is 0.556. The van der Waals surface area contributed by atoms with Crippen LogP contribution in [0.25, 0.3) is 0 Å². The van der Waals surface area contributed by atoms with Gasteiger partial charge in [-0.1, -0.05) is 114 Å². The minimum atomic E-state index is 1.09. The van der Waals surface area contributed by atoms with Gasteiger partial charge in [-0.25, -0.2) is 0 Å². The molecule has 2 aromatic carbocycles. The van der Waals surface area contributed by atoms with Gasteiger partial charge in [0.25, 0.3) is 0 Å². The van der Waals surface area contributed by atoms with Crippen molar-refractivity contribution in [2.24, 2.45) is 0 Å². The highest BCUT2D eigenvalue weighted by Gasteiger charge is 2.09. The second-order valence-electron chi connectivity index (χ2n) is 8.05. The molecular formula is C27H40. The number of benzene rings is 2. The second kappa shape index (κ2) is 13.6. The molecule has 0 spiro atoms. The van der Waals surface area contributed by atoms with E-state index in [1.54, 1.807) is 16.7 Å². The molecule has 0 nitrogen and oxygen atoms in total. The SMILES string of the molecule is CCCCCCCc1cccc(CCCCCCC)c1Cc1ccccc1. The normalized spacial score (nSPS) is 11.0. The molecule has 0 atom stereocenters. The van der Waals surface area contributed by atoms with E-state index >= 15 is 0 Å². The summed E-state index contributed by atoms with van der Waals surface area (Å²) in [5, 5.41) is 0. The van der Waals surface area contributed by atoms with Crippen molar-refractivity contribution in [3.63, 3.8) is 0 Å². The Morgan fingerprint density at radius 2 is 1.04 bits per heavy atom. The second-order valence-corrected chi connectivity index (χ2v) is 8.05. The third-order valence-corrected chi connectivity index (χ3v) is 5.69. The molecule has 0 N–H and O–H groups in total. The van der Waals surface area contributed by atoms with Gasteiger partial charge in [0.1, 0.15) is 0 Å². The Balaban J connectivity index is 2.05. The zero-order valence-electron chi connectivity index (χ0n) is 17.8. The van der Waals surface area contributed by atoms with Crippen molar-refractivity contribution in [3.8, 4) is 0 Å². The topological polar surface area (TPSA) is 0 Å². The van der Waals surface area contributed by atoms with E-state index in [4.69, 9.17) is 0 Å². The van der Waals surface area contributed by atoms with Gasteiger partial charge >= 0.3 is 0 Å². The summed E-state index contributed by atoms with van der Waals surface area (Å²) in [6.45, 7) is 4.59. The van der Waals surface area contributed by atoms with Gasteiger partial charge in [0, 0.05) is 0 Å². The van der Waals surface area contributed by atoms with Crippen LogP contribution in [-0.4, -0.2) is 0 Å². The van der Waals surface area contributed by atoms with Crippen LogP contribution < -0.4 is 0 Å². The van der Waals surface area contributed by atoms with Crippen LogP contribution in [0.1, 0.15) is 100 Å². The van der Waals surface area contributed by atoms with E-state index in [0.29, 0.717) is 0 Å². The summed E-state index contributed by atoms with van der Waals surface area (Å²) >= 11 is 0. The van der Waals surface area contributed by atoms with Crippen LogP contribution in [-0.2, 0) is 19.3 Å². The van der Waals surface area contributed by atoms with Gasteiger partial charge < -0.3 is 0 Å². The highest BCUT2D eigenvalue weighted by molar-refractivity contribution is 5.39. The number of hydrogen-bond donors (Lipinski definition) is 0. The van der Waals surface area contributed by atoms with Gasteiger partial charge in [-0.3, -0.25) is 0 Å². The predicted molar refractivity (Wildman–Crippen MR) is 121 cm³/mol. The summed E-state index contributed by atoms with van der Waals surface area (Å²) in [5.41, 5.74) is 6.26. The van der Waals surface area contributed by atoms with Gasteiger partial charge in [-0.05, 0) is 54.4 Å². The first-order valence-corrected chi connectivity index (χ1v) is 11.5. The summed E-state index contributed by atoms with van der Waals surface area (Å²) in [4.78, 5) is 0. The van der Waals surface area contributed by atoms with E-state index in [9.17, 15) is 0 Å². The Kier molecular flexibility index (Phi) is 10.9. The summed E-state index contributed by atoms with van der Waals surface area (Å²) in [6.07, 6.45) is 17.2. The monoisotopic (exact) mass is 364 g/mol. The quantitative estimate of drug-likeness (QED) is 0.296. The number of hydrogen-bond acceptors (Lipinski definition) is 0. The molecule has 0 aromatic heterocycles. The van der Waals surface area contributed by atoms with Crippen molar-refractivity contribution in [3.05, 3.63) is 70.8 Å². The van der Waals surface area contributed by atoms with Gasteiger partial charge in [-0.15, -0.1) is 0 Å². The molecule has 2 rings (SSSR count). The molecule has 0 unspecified atom stereocenters. The van der Waals surface area contributed by atoms with Crippen LogP contribution in [0.4, 0.5) is 0 Å². The Hall–Kier alpha value is -1.56. The predicted octanol–water partition coefficient (Wildman–Crippen LogP) is 8.30. The average Bonchev–Trinajstić information content (AvgIpc) is 2.70. The number of unbranched alkanes of at least 4 members (excludes halogenated alkanes) is 8. The van der Waals surface area contributed by atoms with E-state index in [2.05, 4.69) is 62.4 Å². The standard InChI is InChI=1S/C27H40/c1-3-5-7-9-14-19-25-21-16-22-26(20-15-10-8-6-4-2)27(25)23-24-17-12-11-13-18-24/h11-13,16-18,21-22H,3-10,14-15,19-20,23H2,1-2H3. The van der Waals surface area contributed by atoms with Crippen LogP contribution in [0.3, 0.4) is 0 Å². The maximum absolute atomic E-state index is 2.39. The van der Waals surface area contributed by atoms with Gasteiger partial charge in [0.15, 0.2) is 0 Å². The van der Waals surface area contributed by atoms with Crippen molar-refractivity contribution in [2.45, 2.75) is 97.3 Å². The Morgan fingerprint density at radius 1 is 0.519 bits per heavy atom. The molecule has 2 aromatic rings. The smallest absolute Gasteiger partial charge is 0.00203 e. The Morgan fingerprint density at radius 3 is 1.56 bits per heavy atom. The molecule has 0 heteroatoms. The lowest BCUT2D eigenvalue weighted by atomic mass is 9.89. The van der Waals surface area contributed by atoms with Crippen LogP contribution in [0, 0.1) is 0 Å². The van der Waals surface area contributed by atoms with E-state index in [1.165, 1.54) is 82.6 Å². The van der Waals surface area contributed by atoms with E-state index in [0.717, 1.165) is 6.42 Å². The van der Waals surface area contributed by atoms with Crippen LogP contribution in [0.2, 0.25) is 0 Å². The summed E-state index contributed by atoms with van der Waals surface area (Å²) in [7, 11) is 0. The zero-order chi connectivity index (χ0) is 19.2. The van der Waals surface area contributed by atoms with Crippen molar-refractivity contribution < 1.29 is 0 Å². The summed E-state index contributed by atoms with van der Waals surface area (Å²) in [6, 6.07) is 18.1. The molecule has 0 aliphatic carbocycles. The summed E-state index contributed by atoms with van der Waals surface area (Å²) in [5.74, 6) is 0. The van der Waals surface area contributed by atoms with Crippen LogP contribution in [0.5, 0.6) is 0 Å². The maximum atomic E-state index is 2.39. The van der Waals surface area contributed by atoms with Crippen molar-refractivity contribution >= 4 is 0 Å². The first kappa shape index (κ1) is 21.7. The van der Waals surface area contributed by atoms with E-state index in [-0.39, 0.29) is 0 Å². The summed E-state index contributed by atoms with van der Waals surface area (Å²) < 4.78 is 0. The molecule has 0 heterocycles. The Bertz CT molecular complexity index is 579. The van der Waals surface area contributed by atoms with E-state index < -0.39 is 0 Å². The molecule has 0 aliphatic rings. The van der Waals surface area contributed by atoms with Crippen LogP contribution in [0.15, 0.2) is 48.5 Å². The zero-order valence-corrected chi connectivity index (χ0v) is 17.8. The molecular weight excluding hydrogens is 324 g/mol. The maximum Gasteiger partial charge on any atom is -0.00203 e. The molecule has 0 amide bonds. The lowest BCUT2D eigenvalue weighted by Gasteiger charge is -2.16. The molecule has 0 aliphatic heterocycles. The first-order valence-electron chi connectivity index (χ1n) is 11.5. The highest BCUT2D eigenvalue weighted by Crippen LogP contribution is 2.23. The van der Waals surface area contributed by atoms with Gasteiger partial charge in [0.2, 0.25) is 0 Å². The molecule has 0 saturated carbocycles. The highest BCUT2D eigenvalue weighted by atomic mass is 14.1. The van der Waals surface area contributed by atoms with E-state index in [1.807, 2.05) is 0 Å². The molecule has 0 fully saturated rings. The van der Waals surface area contributed by atoms with Gasteiger partial charge in [0.05, 0.1) is 0 Å². The van der Waals surface area contributed by atoms with Crippen molar-refractivity contribution in [1.82, 2.24) is 0 Å². The molecule has 27 heavy (non-hydrogen) atoms. The molecule has 0 radical (unpaired) electrons. The third kappa shape index (κ3) is 8.33. The third-order valence-electron chi connectivity index (χ3n) is 5.69. The number of rotatable bonds is 14. The fourth-order valence-corrected chi connectivity index (χ4v) is 4.02. The number of aryl methyl sites for hydroxylation is 2. The lowest BCUT2D eigenvalue weighted by Crippen LogP contribution is -2.02. The first-order chi connectivity index (χ1) is 13.3. The van der Waals surface area contributed by atoms with Crippen molar-refractivity contribution in [1.29, 1.82) is 0 Å². The van der Waals surface area contributed by atoms with Gasteiger partial charge in [-0.2, -0.15) is 0 Å². The molecule has 0 saturated heterocycles. The minimum Gasteiger partial charge on any atom is -0.0654 e. The fourth-order valence-electron chi connectivity index (χ4n) is 4.02. The minimum absolute atomic E-state index is 1.09. The van der Waals surface area contributed by atoms with Crippen LogP contribution >= 0.6 is 0 Å². The Labute approximate surface area is 168 Å². The average molecular weight is 365 g/mol. The lowest BCUT2D eigenvalue weighted by molar-refractivity contribution is 0.626.